The molecule has 0 aliphatic heterocycles. The summed E-state index contributed by atoms with van der Waals surface area (Å²) in [6, 6.07) is 7.77. The van der Waals surface area contributed by atoms with Crippen molar-refractivity contribution in [1.82, 2.24) is 9.97 Å². The fourth-order valence-electron chi connectivity index (χ4n) is 2.36. The number of H-pyrrole nitrogens is 1. The number of rotatable bonds is 4. The van der Waals surface area contributed by atoms with Crippen molar-refractivity contribution in [3.05, 3.63) is 65.5 Å². The van der Waals surface area contributed by atoms with E-state index in [0.29, 0.717) is 17.0 Å². The predicted octanol–water partition coefficient (Wildman–Crippen LogP) is 3.34. The lowest BCUT2D eigenvalue weighted by Crippen LogP contribution is -2.13. The molecule has 2 aromatic heterocycles. The number of aryl methyl sites for hydroxylation is 1. The lowest BCUT2D eigenvalue weighted by Gasteiger charge is -2.07. The fraction of sp³-hybridized carbons (Fsp3) is 0.0588. The van der Waals surface area contributed by atoms with Gasteiger partial charge in [-0.05, 0) is 42.8 Å². The highest BCUT2D eigenvalue weighted by Gasteiger charge is 2.19. The summed E-state index contributed by atoms with van der Waals surface area (Å²) in [5.41, 5.74) is 1.11. The second-order valence-electron chi connectivity index (χ2n) is 5.48. The number of hydrogen-bond donors (Lipinski definition) is 2. The normalized spacial score (nSPS) is 11.2. The number of nitriles is 1. The van der Waals surface area contributed by atoms with Crippen LogP contribution in [-0.4, -0.2) is 18.4 Å². The summed E-state index contributed by atoms with van der Waals surface area (Å²) >= 11 is 0. The molecule has 9 heteroatoms. The van der Waals surface area contributed by atoms with E-state index in [1.807, 2.05) is 0 Å². The van der Waals surface area contributed by atoms with Gasteiger partial charge in [0.15, 0.2) is 0 Å². The number of benzene rings is 1. The van der Waals surface area contributed by atoms with Crippen LogP contribution in [0.5, 0.6) is 0 Å². The summed E-state index contributed by atoms with van der Waals surface area (Å²) in [5, 5.41) is 8.73. The van der Waals surface area contributed by atoms with Gasteiger partial charge in [-0.1, -0.05) is 0 Å². The third-order valence-electron chi connectivity index (χ3n) is 3.61. The third-order valence-corrected chi connectivity index (χ3v) is 4.95. The van der Waals surface area contributed by atoms with Gasteiger partial charge in [-0.25, -0.2) is 17.2 Å². The van der Waals surface area contributed by atoms with Gasteiger partial charge < -0.3 is 4.98 Å². The number of sulfonamides is 1. The first-order chi connectivity index (χ1) is 12.3. The van der Waals surface area contributed by atoms with Gasteiger partial charge >= 0.3 is 0 Å². The zero-order valence-electron chi connectivity index (χ0n) is 13.4. The molecule has 0 aliphatic carbocycles. The van der Waals surface area contributed by atoms with Crippen molar-refractivity contribution < 1.29 is 17.2 Å². The van der Waals surface area contributed by atoms with Crippen LogP contribution in [0.2, 0.25) is 0 Å². The number of halogens is 2. The average Bonchev–Trinajstić information content (AvgIpc) is 3.07. The maximum Gasteiger partial charge on any atom is 0.263 e. The molecule has 0 atom stereocenters. The molecule has 0 unspecified atom stereocenters. The summed E-state index contributed by atoms with van der Waals surface area (Å²) in [6.07, 6.45) is 2.26. The number of anilines is 1. The predicted molar refractivity (Wildman–Crippen MR) is 90.6 cm³/mol. The van der Waals surface area contributed by atoms with Crippen molar-refractivity contribution in [2.45, 2.75) is 11.8 Å². The van der Waals surface area contributed by atoms with Gasteiger partial charge in [0.2, 0.25) is 0 Å². The van der Waals surface area contributed by atoms with E-state index < -0.39 is 21.7 Å². The van der Waals surface area contributed by atoms with Crippen molar-refractivity contribution in [3.63, 3.8) is 0 Å². The van der Waals surface area contributed by atoms with E-state index in [2.05, 4.69) is 14.7 Å². The molecule has 0 amide bonds. The molecule has 2 heterocycles. The van der Waals surface area contributed by atoms with Gasteiger partial charge in [0, 0.05) is 6.20 Å². The minimum absolute atomic E-state index is 0.0761. The van der Waals surface area contributed by atoms with E-state index >= 15 is 0 Å². The molecule has 0 saturated heterocycles. The lowest BCUT2D eigenvalue weighted by atomic mass is 10.2. The van der Waals surface area contributed by atoms with Gasteiger partial charge in [-0.3, -0.25) is 9.71 Å². The number of nitrogens with one attached hydrogen (secondary N) is 2. The molecule has 0 aliphatic rings. The van der Waals surface area contributed by atoms with Gasteiger partial charge in [-0.15, -0.1) is 0 Å². The van der Waals surface area contributed by atoms with E-state index in [1.165, 1.54) is 30.5 Å². The quantitative estimate of drug-likeness (QED) is 0.732. The molecule has 26 heavy (non-hydrogen) atoms. The fourth-order valence-corrected chi connectivity index (χ4v) is 3.42. The van der Waals surface area contributed by atoms with Crippen LogP contribution in [0.15, 0.2) is 47.6 Å². The van der Waals surface area contributed by atoms with E-state index in [4.69, 9.17) is 5.26 Å². The molecule has 0 saturated carbocycles. The second-order valence-corrected chi connectivity index (χ2v) is 7.16. The van der Waals surface area contributed by atoms with Crippen LogP contribution in [0, 0.1) is 29.9 Å². The zero-order valence-corrected chi connectivity index (χ0v) is 14.2. The van der Waals surface area contributed by atoms with E-state index in [9.17, 15) is 17.2 Å². The van der Waals surface area contributed by atoms with Gasteiger partial charge in [0.1, 0.15) is 16.5 Å². The van der Waals surface area contributed by atoms with Gasteiger partial charge in [0.05, 0.1) is 34.9 Å². The highest BCUT2D eigenvalue weighted by atomic mass is 32.2. The van der Waals surface area contributed by atoms with Crippen molar-refractivity contribution in [3.8, 4) is 17.5 Å². The largest absolute Gasteiger partial charge is 0.359 e. The number of nitrogens with zero attached hydrogens (tertiary/aromatic N) is 2. The standard InChI is InChI=1S/C17H12F2N4O2S/c1-10-4-12(18)8-22-17(10)16-6-13(9-21-16)26(24,25)23-15-3-2-11(7-20)5-14(15)19/h2-6,8-9,21,23H,1H3. The van der Waals surface area contributed by atoms with Crippen LogP contribution in [0.3, 0.4) is 0 Å². The Hall–Kier alpha value is -3.25. The third kappa shape index (κ3) is 3.41. The number of aromatic amines is 1. The molecule has 2 N–H and O–H groups in total. The first-order valence-corrected chi connectivity index (χ1v) is 8.82. The number of pyridine rings is 1. The highest BCUT2D eigenvalue weighted by Crippen LogP contribution is 2.25. The van der Waals surface area contributed by atoms with Crippen LogP contribution in [0.25, 0.3) is 11.4 Å². The summed E-state index contributed by atoms with van der Waals surface area (Å²) in [7, 11) is -4.07. The Labute approximate surface area is 148 Å². The Morgan fingerprint density at radius 3 is 2.65 bits per heavy atom. The smallest absolute Gasteiger partial charge is 0.263 e. The maximum absolute atomic E-state index is 13.9. The van der Waals surface area contributed by atoms with Crippen LogP contribution in [0.4, 0.5) is 14.5 Å². The van der Waals surface area contributed by atoms with E-state index in [-0.39, 0.29) is 16.1 Å². The highest BCUT2D eigenvalue weighted by molar-refractivity contribution is 7.92. The van der Waals surface area contributed by atoms with Crippen LogP contribution < -0.4 is 4.72 Å². The summed E-state index contributed by atoms with van der Waals surface area (Å²) in [6.45, 7) is 1.64. The summed E-state index contributed by atoms with van der Waals surface area (Å²) in [4.78, 5) is 6.58. The molecule has 1 aromatic carbocycles. The SMILES string of the molecule is Cc1cc(F)cnc1-c1cc(S(=O)(=O)Nc2ccc(C#N)cc2F)c[nH]1. The van der Waals surface area contributed by atoms with E-state index in [0.717, 1.165) is 12.3 Å². The van der Waals surface area contributed by atoms with Crippen molar-refractivity contribution in [1.29, 1.82) is 5.26 Å². The van der Waals surface area contributed by atoms with E-state index in [1.54, 1.807) is 13.0 Å². The molecule has 0 bridgehead atoms. The second kappa shape index (κ2) is 6.57. The van der Waals surface area contributed by atoms with Crippen LogP contribution in [-0.2, 0) is 10.0 Å². The summed E-state index contributed by atoms with van der Waals surface area (Å²) < 4.78 is 54.1. The van der Waals surface area contributed by atoms with Crippen molar-refractivity contribution in [2.75, 3.05) is 4.72 Å². The Kier molecular flexibility index (Phi) is 4.44. The maximum atomic E-state index is 13.9. The molecular formula is C17H12F2N4O2S. The summed E-state index contributed by atoms with van der Waals surface area (Å²) in [5.74, 6) is -1.36. The zero-order chi connectivity index (χ0) is 18.9. The number of aromatic nitrogens is 2. The van der Waals surface area contributed by atoms with Gasteiger partial charge in [0.25, 0.3) is 10.0 Å². The molecule has 3 rings (SSSR count). The van der Waals surface area contributed by atoms with Gasteiger partial charge in [-0.2, -0.15) is 5.26 Å². The molecule has 3 aromatic rings. The average molecular weight is 374 g/mol. The topological polar surface area (TPSA) is 98.6 Å². The lowest BCUT2D eigenvalue weighted by molar-refractivity contribution is 0.598. The molecular weight excluding hydrogens is 362 g/mol. The molecule has 132 valence electrons. The van der Waals surface area contributed by atoms with Crippen molar-refractivity contribution in [2.24, 2.45) is 0 Å². The first-order valence-electron chi connectivity index (χ1n) is 7.33. The minimum atomic E-state index is -4.07. The molecule has 0 fully saturated rings. The molecule has 6 nitrogen and oxygen atoms in total. The Morgan fingerprint density at radius 1 is 1.23 bits per heavy atom. The molecule has 0 spiro atoms. The van der Waals surface area contributed by atoms with Crippen molar-refractivity contribution >= 4 is 15.7 Å². The number of hydrogen-bond acceptors (Lipinski definition) is 4. The monoisotopic (exact) mass is 374 g/mol. The first kappa shape index (κ1) is 17.6. The van der Waals surface area contributed by atoms with Crippen LogP contribution in [0.1, 0.15) is 11.1 Å². The Morgan fingerprint density at radius 2 is 2.00 bits per heavy atom. The van der Waals surface area contributed by atoms with Crippen LogP contribution >= 0.6 is 0 Å². The molecule has 0 radical (unpaired) electrons. The Bertz CT molecular complexity index is 1130. The Balaban J connectivity index is 1.92. The minimum Gasteiger partial charge on any atom is -0.359 e.